The van der Waals surface area contributed by atoms with E-state index in [0.29, 0.717) is 0 Å². The van der Waals surface area contributed by atoms with E-state index in [9.17, 15) is 10.1 Å². The molecule has 2 rings (SSSR count). The van der Waals surface area contributed by atoms with Gasteiger partial charge in [0.25, 0.3) is 5.69 Å². The van der Waals surface area contributed by atoms with Crippen molar-refractivity contribution >= 4 is 17.7 Å². The van der Waals surface area contributed by atoms with Gasteiger partial charge in [-0.25, -0.2) is 4.99 Å². The molecule has 1 aromatic carbocycles. The van der Waals surface area contributed by atoms with Crippen molar-refractivity contribution in [3.05, 3.63) is 64.3 Å². The van der Waals surface area contributed by atoms with Crippen molar-refractivity contribution in [2.24, 2.45) is 0 Å². The molecule has 0 spiro atoms. The smallest absolute Gasteiger partial charge is 0.258 e. The van der Waals surface area contributed by atoms with Gasteiger partial charge in [-0.3, -0.25) is 10.1 Å². The van der Waals surface area contributed by atoms with E-state index in [2.05, 4.69) is 9.98 Å². The second-order valence-corrected chi connectivity index (χ2v) is 3.35. The monoisotopic (exact) mass is 228 g/mol. The summed E-state index contributed by atoms with van der Waals surface area (Å²) >= 11 is 0. The SMILES string of the molecule is O=[N+]([O-])c1ccc(C=[NH+]c2ccccn2)cc1. The number of pyridine rings is 1. The van der Waals surface area contributed by atoms with Crippen LogP contribution in [0.1, 0.15) is 5.56 Å². The summed E-state index contributed by atoms with van der Waals surface area (Å²) in [6, 6.07) is 11.8. The Morgan fingerprint density at radius 1 is 1.18 bits per heavy atom. The van der Waals surface area contributed by atoms with Crippen molar-refractivity contribution in [1.29, 1.82) is 0 Å². The lowest BCUT2D eigenvalue weighted by molar-refractivity contribution is -0.384. The lowest BCUT2D eigenvalue weighted by atomic mass is 10.2. The number of nitro groups is 1. The molecule has 0 aliphatic heterocycles. The zero-order chi connectivity index (χ0) is 12.1. The predicted molar refractivity (Wildman–Crippen MR) is 63.1 cm³/mol. The zero-order valence-electron chi connectivity index (χ0n) is 8.91. The third kappa shape index (κ3) is 2.94. The molecule has 1 N–H and O–H groups in total. The van der Waals surface area contributed by atoms with Gasteiger partial charge in [-0.15, -0.1) is 0 Å². The summed E-state index contributed by atoms with van der Waals surface area (Å²) in [6.45, 7) is 0. The van der Waals surface area contributed by atoms with Crippen LogP contribution in [0.3, 0.4) is 0 Å². The number of nitrogens with one attached hydrogen (secondary N) is 1. The Morgan fingerprint density at radius 2 is 1.94 bits per heavy atom. The molecule has 0 saturated heterocycles. The van der Waals surface area contributed by atoms with Gasteiger partial charge >= 0.3 is 5.82 Å². The van der Waals surface area contributed by atoms with E-state index in [4.69, 9.17) is 0 Å². The first-order valence-electron chi connectivity index (χ1n) is 5.01. The normalized spacial score (nSPS) is 10.6. The standard InChI is InChI=1S/C12H9N3O2/c16-15(17)11-6-4-10(5-7-11)9-14-12-3-1-2-8-13-12/h1-9H/p+1. The van der Waals surface area contributed by atoms with Crippen molar-refractivity contribution < 1.29 is 9.92 Å². The minimum atomic E-state index is -0.421. The second-order valence-electron chi connectivity index (χ2n) is 3.35. The molecule has 0 aliphatic rings. The summed E-state index contributed by atoms with van der Waals surface area (Å²) in [5.74, 6) is 0.728. The van der Waals surface area contributed by atoms with Gasteiger partial charge in [0.15, 0.2) is 0 Å². The van der Waals surface area contributed by atoms with E-state index < -0.39 is 4.92 Å². The van der Waals surface area contributed by atoms with Crippen LogP contribution < -0.4 is 4.99 Å². The molecule has 84 valence electrons. The topological polar surface area (TPSA) is 70.0 Å². The first-order valence-corrected chi connectivity index (χ1v) is 5.01. The van der Waals surface area contributed by atoms with Crippen LogP contribution in [0.4, 0.5) is 11.5 Å². The molecular formula is C12H10N3O2+. The molecule has 0 fully saturated rings. The van der Waals surface area contributed by atoms with Gasteiger partial charge in [0.05, 0.1) is 11.1 Å². The number of non-ortho nitro benzene ring substituents is 1. The molecule has 0 amide bonds. The summed E-state index contributed by atoms with van der Waals surface area (Å²) in [7, 11) is 0. The highest BCUT2D eigenvalue weighted by Crippen LogP contribution is 2.09. The quantitative estimate of drug-likeness (QED) is 0.480. The Bertz CT molecular complexity index is 535. The Labute approximate surface area is 97.6 Å². The van der Waals surface area contributed by atoms with E-state index in [1.807, 2.05) is 18.2 Å². The largest absolute Gasteiger partial charge is 0.320 e. The maximum Gasteiger partial charge on any atom is 0.320 e. The Balaban J connectivity index is 2.14. The number of hydrogen-bond donors (Lipinski definition) is 1. The fourth-order valence-electron chi connectivity index (χ4n) is 1.30. The third-order valence-electron chi connectivity index (χ3n) is 2.16. The van der Waals surface area contributed by atoms with Crippen molar-refractivity contribution in [1.82, 2.24) is 4.98 Å². The Morgan fingerprint density at radius 3 is 2.53 bits per heavy atom. The molecule has 0 atom stereocenters. The van der Waals surface area contributed by atoms with E-state index in [1.54, 1.807) is 24.5 Å². The molecule has 1 heterocycles. The average Bonchev–Trinajstić information content (AvgIpc) is 2.38. The first kappa shape index (κ1) is 10.9. The van der Waals surface area contributed by atoms with Crippen molar-refractivity contribution in [3.63, 3.8) is 0 Å². The highest BCUT2D eigenvalue weighted by Gasteiger charge is 2.03. The molecule has 5 nitrogen and oxygen atoms in total. The van der Waals surface area contributed by atoms with Crippen LogP contribution in [-0.2, 0) is 0 Å². The number of aromatic nitrogens is 1. The molecular weight excluding hydrogens is 218 g/mol. The predicted octanol–water partition coefficient (Wildman–Crippen LogP) is 0.821. The average molecular weight is 228 g/mol. The van der Waals surface area contributed by atoms with Crippen molar-refractivity contribution in [2.75, 3.05) is 0 Å². The van der Waals surface area contributed by atoms with Crippen LogP contribution in [0, 0.1) is 10.1 Å². The van der Waals surface area contributed by atoms with Crippen LogP contribution in [-0.4, -0.2) is 16.1 Å². The summed E-state index contributed by atoms with van der Waals surface area (Å²) in [5, 5.41) is 10.5. The summed E-state index contributed by atoms with van der Waals surface area (Å²) in [4.78, 5) is 17.1. The van der Waals surface area contributed by atoms with Gasteiger partial charge in [-0.2, -0.15) is 0 Å². The highest BCUT2D eigenvalue weighted by atomic mass is 16.6. The molecule has 0 saturated carbocycles. The van der Waals surface area contributed by atoms with Crippen LogP contribution in [0.2, 0.25) is 0 Å². The van der Waals surface area contributed by atoms with Crippen molar-refractivity contribution in [2.45, 2.75) is 0 Å². The van der Waals surface area contributed by atoms with Gasteiger partial charge in [-0.05, 0) is 18.2 Å². The van der Waals surface area contributed by atoms with Crippen LogP contribution >= 0.6 is 0 Å². The molecule has 1 aromatic heterocycles. The van der Waals surface area contributed by atoms with Gasteiger partial charge in [0, 0.05) is 23.8 Å². The number of rotatable bonds is 3. The van der Waals surface area contributed by atoms with Gasteiger partial charge in [0.2, 0.25) is 0 Å². The van der Waals surface area contributed by atoms with Gasteiger partial charge < -0.3 is 0 Å². The first-order chi connectivity index (χ1) is 8.25. The molecule has 0 radical (unpaired) electrons. The number of nitro benzene ring substituents is 1. The molecule has 17 heavy (non-hydrogen) atoms. The maximum atomic E-state index is 10.5. The van der Waals surface area contributed by atoms with E-state index in [-0.39, 0.29) is 5.69 Å². The Kier molecular flexibility index (Phi) is 3.20. The van der Waals surface area contributed by atoms with E-state index in [0.717, 1.165) is 11.4 Å². The fourth-order valence-corrected chi connectivity index (χ4v) is 1.30. The maximum absolute atomic E-state index is 10.5. The van der Waals surface area contributed by atoms with Crippen molar-refractivity contribution in [3.8, 4) is 0 Å². The minimum Gasteiger partial charge on any atom is -0.258 e. The summed E-state index contributed by atoms with van der Waals surface area (Å²) < 4.78 is 0. The highest BCUT2D eigenvalue weighted by molar-refractivity contribution is 5.75. The molecule has 0 unspecified atom stereocenters. The molecule has 5 heteroatoms. The summed E-state index contributed by atoms with van der Waals surface area (Å²) in [6.07, 6.45) is 3.43. The second kappa shape index (κ2) is 4.98. The third-order valence-corrected chi connectivity index (χ3v) is 2.16. The van der Waals surface area contributed by atoms with Crippen LogP contribution in [0.15, 0.2) is 48.7 Å². The van der Waals surface area contributed by atoms with Gasteiger partial charge in [-0.1, -0.05) is 11.1 Å². The van der Waals surface area contributed by atoms with E-state index >= 15 is 0 Å². The number of hydrogen-bond acceptors (Lipinski definition) is 3. The number of nitrogens with zero attached hydrogens (tertiary/aromatic N) is 2. The minimum absolute atomic E-state index is 0.0833. The zero-order valence-corrected chi connectivity index (χ0v) is 8.91. The summed E-state index contributed by atoms with van der Waals surface area (Å²) in [5.41, 5.74) is 0.932. The lowest BCUT2D eigenvalue weighted by Gasteiger charge is -1.91. The van der Waals surface area contributed by atoms with Crippen LogP contribution in [0.5, 0.6) is 0 Å². The molecule has 0 bridgehead atoms. The number of benzene rings is 1. The Hall–Kier alpha value is -2.56. The molecule has 2 aromatic rings. The van der Waals surface area contributed by atoms with E-state index in [1.165, 1.54) is 12.1 Å². The van der Waals surface area contributed by atoms with Gasteiger partial charge in [0.1, 0.15) is 6.20 Å². The lowest BCUT2D eigenvalue weighted by Crippen LogP contribution is -2.62. The molecule has 0 aliphatic carbocycles. The fraction of sp³-hybridized carbons (Fsp3) is 0. The van der Waals surface area contributed by atoms with Crippen LogP contribution in [0.25, 0.3) is 0 Å².